The second-order valence-corrected chi connectivity index (χ2v) is 4.87. The molecular formula is C16H17FO. The molecule has 0 heterocycles. The third kappa shape index (κ3) is 2.16. The van der Waals surface area contributed by atoms with Crippen LogP contribution in [0, 0.1) is 19.7 Å². The zero-order chi connectivity index (χ0) is 13.3. The van der Waals surface area contributed by atoms with Crippen LogP contribution in [0.4, 0.5) is 4.39 Å². The molecule has 2 rings (SSSR count). The highest BCUT2D eigenvalue weighted by molar-refractivity contribution is 5.42. The normalized spacial score (nSPS) is 14.3. The summed E-state index contributed by atoms with van der Waals surface area (Å²) in [4.78, 5) is 0. The number of benzene rings is 2. The van der Waals surface area contributed by atoms with Gasteiger partial charge in [-0.05, 0) is 38.0 Å². The highest BCUT2D eigenvalue weighted by Crippen LogP contribution is 2.33. The summed E-state index contributed by atoms with van der Waals surface area (Å²) in [6.45, 7) is 5.51. The largest absolute Gasteiger partial charge is 0.381 e. The Bertz CT molecular complexity index is 573. The van der Waals surface area contributed by atoms with Crippen molar-refractivity contribution in [3.8, 4) is 0 Å². The molecule has 2 heteroatoms. The van der Waals surface area contributed by atoms with E-state index in [1.165, 1.54) is 6.07 Å². The van der Waals surface area contributed by atoms with Crippen LogP contribution in [0.15, 0.2) is 42.5 Å². The highest BCUT2D eigenvalue weighted by atomic mass is 19.1. The Morgan fingerprint density at radius 3 is 2.33 bits per heavy atom. The predicted molar refractivity (Wildman–Crippen MR) is 71.0 cm³/mol. The standard InChI is InChI=1S/C16H17FO/c1-11-8-9-12(2)14(10-11)16(3,18)13-6-4-5-7-15(13)17/h4-10,18H,1-3H3. The van der Waals surface area contributed by atoms with Crippen molar-refractivity contribution in [2.75, 3.05) is 0 Å². The van der Waals surface area contributed by atoms with E-state index < -0.39 is 5.60 Å². The number of aliphatic hydroxyl groups is 1. The maximum atomic E-state index is 13.8. The van der Waals surface area contributed by atoms with E-state index >= 15 is 0 Å². The minimum atomic E-state index is -1.32. The second-order valence-electron chi connectivity index (χ2n) is 4.87. The lowest BCUT2D eigenvalue weighted by Crippen LogP contribution is -2.25. The van der Waals surface area contributed by atoms with Crippen molar-refractivity contribution in [2.45, 2.75) is 26.4 Å². The van der Waals surface area contributed by atoms with E-state index in [1.54, 1.807) is 25.1 Å². The van der Waals surface area contributed by atoms with Gasteiger partial charge in [-0.15, -0.1) is 0 Å². The van der Waals surface area contributed by atoms with E-state index in [1.807, 2.05) is 32.0 Å². The fraction of sp³-hybridized carbons (Fsp3) is 0.250. The first kappa shape index (κ1) is 12.8. The van der Waals surface area contributed by atoms with Crippen molar-refractivity contribution in [1.29, 1.82) is 0 Å². The van der Waals surface area contributed by atoms with Gasteiger partial charge in [0.25, 0.3) is 0 Å². The molecule has 0 aliphatic carbocycles. The molecule has 2 aromatic rings. The molecule has 18 heavy (non-hydrogen) atoms. The molecule has 2 aromatic carbocycles. The van der Waals surface area contributed by atoms with Crippen molar-refractivity contribution in [3.05, 3.63) is 70.5 Å². The summed E-state index contributed by atoms with van der Waals surface area (Å²) in [7, 11) is 0. The summed E-state index contributed by atoms with van der Waals surface area (Å²) in [5.41, 5.74) is 1.73. The molecule has 0 bridgehead atoms. The Balaban J connectivity index is 2.61. The molecule has 1 atom stereocenters. The molecule has 0 aromatic heterocycles. The summed E-state index contributed by atoms with van der Waals surface area (Å²) in [5, 5.41) is 10.7. The Hall–Kier alpha value is -1.67. The van der Waals surface area contributed by atoms with Gasteiger partial charge < -0.3 is 5.11 Å². The van der Waals surface area contributed by atoms with Crippen LogP contribution in [0.1, 0.15) is 29.2 Å². The smallest absolute Gasteiger partial charge is 0.129 e. The fourth-order valence-corrected chi connectivity index (χ4v) is 2.26. The minimum absolute atomic E-state index is 0.304. The SMILES string of the molecule is Cc1ccc(C)c(C(C)(O)c2ccccc2F)c1. The third-order valence-corrected chi connectivity index (χ3v) is 3.32. The molecule has 0 saturated heterocycles. The summed E-state index contributed by atoms with van der Waals surface area (Å²) >= 11 is 0. The molecule has 0 radical (unpaired) electrons. The molecule has 94 valence electrons. The molecule has 0 saturated carbocycles. The number of aryl methyl sites for hydroxylation is 2. The van der Waals surface area contributed by atoms with Crippen molar-refractivity contribution in [3.63, 3.8) is 0 Å². The lowest BCUT2D eigenvalue weighted by molar-refractivity contribution is 0.0972. The van der Waals surface area contributed by atoms with Gasteiger partial charge in [0, 0.05) is 5.56 Å². The van der Waals surface area contributed by atoms with Gasteiger partial charge in [-0.1, -0.05) is 42.0 Å². The quantitative estimate of drug-likeness (QED) is 0.854. The van der Waals surface area contributed by atoms with Crippen LogP contribution in [0.2, 0.25) is 0 Å². The Morgan fingerprint density at radius 1 is 1.00 bits per heavy atom. The summed E-state index contributed by atoms with van der Waals surface area (Å²) in [5.74, 6) is -0.386. The number of rotatable bonds is 2. The third-order valence-electron chi connectivity index (χ3n) is 3.32. The zero-order valence-corrected chi connectivity index (χ0v) is 10.9. The lowest BCUT2D eigenvalue weighted by atomic mass is 9.84. The van der Waals surface area contributed by atoms with Gasteiger partial charge in [-0.25, -0.2) is 4.39 Å². The first-order chi connectivity index (χ1) is 8.43. The number of hydrogen-bond donors (Lipinski definition) is 1. The van der Waals surface area contributed by atoms with Crippen LogP contribution in [-0.2, 0) is 5.60 Å². The molecule has 1 nitrogen and oxygen atoms in total. The van der Waals surface area contributed by atoms with Crippen LogP contribution in [0.5, 0.6) is 0 Å². The van der Waals surface area contributed by atoms with Gasteiger partial charge in [0.15, 0.2) is 0 Å². The Labute approximate surface area is 107 Å². The molecule has 0 amide bonds. The average Bonchev–Trinajstić information content (AvgIpc) is 2.32. The average molecular weight is 244 g/mol. The van der Waals surface area contributed by atoms with E-state index in [2.05, 4.69) is 0 Å². The molecule has 0 fully saturated rings. The highest BCUT2D eigenvalue weighted by Gasteiger charge is 2.29. The van der Waals surface area contributed by atoms with Crippen molar-refractivity contribution < 1.29 is 9.50 Å². The molecule has 1 N–H and O–H groups in total. The topological polar surface area (TPSA) is 20.2 Å². The monoisotopic (exact) mass is 244 g/mol. The van der Waals surface area contributed by atoms with E-state index in [0.29, 0.717) is 5.56 Å². The van der Waals surface area contributed by atoms with Crippen LogP contribution < -0.4 is 0 Å². The van der Waals surface area contributed by atoms with Crippen LogP contribution in [-0.4, -0.2) is 5.11 Å². The van der Waals surface area contributed by atoms with Crippen molar-refractivity contribution in [2.24, 2.45) is 0 Å². The first-order valence-corrected chi connectivity index (χ1v) is 5.98. The van der Waals surface area contributed by atoms with E-state index in [-0.39, 0.29) is 5.82 Å². The molecule has 0 aliphatic rings. The van der Waals surface area contributed by atoms with Gasteiger partial charge in [-0.3, -0.25) is 0 Å². The Morgan fingerprint density at radius 2 is 1.67 bits per heavy atom. The summed E-state index contributed by atoms with van der Waals surface area (Å²) in [6, 6.07) is 12.2. The van der Waals surface area contributed by atoms with E-state index in [4.69, 9.17) is 0 Å². The Kier molecular flexibility index (Phi) is 3.22. The molecule has 1 unspecified atom stereocenters. The number of halogens is 1. The summed E-state index contributed by atoms with van der Waals surface area (Å²) in [6.07, 6.45) is 0. The van der Waals surface area contributed by atoms with E-state index in [0.717, 1.165) is 16.7 Å². The summed E-state index contributed by atoms with van der Waals surface area (Å²) < 4.78 is 13.8. The zero-order valence-electron chi connectivity index (χ0n) is 10.9. The molecule has 0 spiro atoms. The first-order valence-electron chi connectivity index (χ1n) is 5.98. The minimum Gasteiger partial charge on any atom is -0.381 e. The van der Waals surface area contributed by atoms with Gasteiger partial charge in [-0.2, -0.15) is 0 Å². The lowest BCUT2D eigenvalue weighted by Gasteiger charge is -2.27. The maximum Gasteiger partial charge on any atom is 0.129 e. The predicted octanol–water partition coefficient (Wildman–Crippen LogP) is 3.70. The van der Waals surface area contributed by atoms with Crippen LogP contribution in [0.3, 0.4) is 0 Å². The van der Waals surface area contributed by atoms with Crippen molar-refractivity contribution in [1.82, 2.24) is 0 Å². The fourth-order valence-electron chi connectivity index (χ4n) is 2.26. The van der Waals surface area contributed by atoms with Gasteiger partial charge in [0.1, 0.15) is 11.4 Å². The number of hydrogen-bond acceptors (Lipinski definition) is 1. The van der Waals surface area contributed by atoms with Crippen LogP contribution in [0.25, 0.3) is 0 Å². The molecule has 0 aliphatic heterocycles. The van der Waals surface area contributed by atoms with Gasteiger partial charge >= 0.3 is 0 Å². The van der Waals surface area contributed by atoms with E-state index in [9.17, 15) is 9.50 Å². The van der Waals surface area contributed by atoms with Gasteiger partial charge in [0.2, 0.25) is 0 Å². The maximum absolute atomic E-state index is 13.8. The molecular weight excluding hydrogens is 227 g/mol. The van der Waals surface area contributed by atoms with Crippen molar-refractivity contribution >= 4 is 0 Å². The van der Waals surface area contributed by atoms with Gasteiger partial charge in [0.05, 0.1) is 0 Å². The van der Waals surface area contributed by atoms with Crippen LogP contribution >= 0.6 is 0 Å². The second kappa shape index (κ2) is 4.54.